The number of aliphatic hydroxyl groups is 2. The van der Waals surface area contributed by atoms with E-state index in [4.69, 9.17) is 21.1 Å². The number of aryl methyl sites for hydroxylation is 1. The van der Waals surface area contributed by atoms with E-state index in [9.17, 15) is 10.2 Å². The van der Waals surface area contributed by atoms with Crippen LogP contribution >= 0.6 is 11.6 Å². The van der Waals surface area contributed by atoms with Crippen LogP contribution in [0.4, 0.5) is 5.69 Å². The molecule has 2 N–H and O–H groups in total. The molecule has 0 saturated carbocycles. The lowest BCUT2D eigenvalue weighted by molar-refractivity contribution is -0.0786. The molecule has 7 heteroatoms. The molecule has 2 aliphatic rings. The van der Waals surface area contributed by atoms with E-state index in [0.29, 0.717) is 17.4 Å². The first-order valence-corrected chi connectivity index (χ1v) is 11.6. The number of para-hydroxylation sites is 1. The van der Waals surface area contributed by atoms with Gasteiger partial charge in [0.15, 0.2) is 17.1 Å². The number of hydrogen-bond acceptors (Lipinski definition) is 5. The predicted octanol–water partition coefficient (Wildman–Crippen LogP) is 4.10. The van der Waals surface area contributed by atoms with E-state index in [1.54, 1.807) is 0 Å². The van der Waals surface area contributed by atoms with E-state index < -0.39 is 5.60 Å². The highest BCUT2D eigenvalue weighted by Gasteiger charge is 2.38. The summed E-state index contributed by atoms with van der Waals surface area (Å²) in [6, 6.07) is 14.0. The van der Waals surface area contributed by atoms with E-state index >= 15 is 0 Å². The molecular weight excluding hydrogens is 428 g/mol. The largest absolute Gasteiger partial charge is 0.483 e. The summed E-state index contributed by atoms with van der Waals surface area (Å²) >= 11 is 6.19. The second-order valence-corrected chi connectivity index (χ2v) is 9.36. The first-order valence-electron chi connectivity index (χ1n) is 11.3. The summed E-state index contributed by atoms with van der Waals surface area (Å²) < 4.78 is 14.2. The SMILES string of the molecule is OCC1(CO)COc2c(cccc2N2CCC(CCn3ccc4ccc(Cl)cc43)CC2)O1. The van der Waals surface area contributed by atoms with Crippen molar-refractivity contribution in [2.75, 3.05) is 37.8 Å². The number of hydrogen-bond donors (Lipinski definition) is 2. The van der Waals surface area contributed by atoms with Gasteiger partial charge in [-0.15, -0.1) is 0 Å². The predicted molar refractivity (Wildman–Crippen MR) is 126 cm³/mol. The molecule has 6 nitrogen and oxygen atoms in total. The number of rotatable bonds is 6. The minimum absolute atomic E-state index is 0.134. The van der Waals surface area contributed by atoms with Crippen LogP contribution in [0.1, 0.15) is 19.3 Å². The molecule has 2 aliphatic heterocycles. The third-order valence-electron chi connectivity index (χ3n) is 6.81. The van der Waals surface area contributed by atoms with Gasteiger partial charge in [-0.1, -0.05) is 23.7 Å². The van der Waals surface area contributed by atoms with Crippen LogP contribution in [-0.4, -0.2) is 53.3 Å². The second kappa shape index (κ2) is 8.85. The van der Waals surface area contributed by atoms with Gasteiger partial charge >= 0.3 is 0 Å². The lowest BCUT2D eigenvalue weighted by atomic mass is 9.93. The lowest BCUT2D eigenvalue weighted by Gasteiger charge is -2.39. The fourth-order valence-electron chi connectivity index (χ4n) is 4.79. The molecule has 1 fully saturated rings. The highest BCUT2D eigenvalue weighted by molar-refractivity contribution is 6.31. The Morgan fingerprint density at radius 1 is 1.06 bits per heavy atom. The van der Waals surface area contributed by atoms with Crippen LogP contribution in [0, 0.1) is 5.92 Å². The zero-order chi connectivity index (χ0) is 22.1. The highest BCUT2D eigenvalue weighted by Crippen LogP contribution is 2.43. The molecule has 1 aromatic heterocycles. The molecule has 2 aromatic carbocycles. The number of benzene rings is 2. The van der Waals surface area contributed by atoms with Crippen molar-refractivity contribution in [1.82, 2.24) is 4.57 Å². The summed E-state index contributed by atoms with van der Waals surface area (Å²) in [5.41, 5.74) is 1.15. The average molecular weight is 457 g/mol. The van der Waals surface area contributed by atoms with Crippen LogP contribution in [-0.2, 0) is 6.54 Å². The summed E-state index contributed by atoms with van der Waals surface area (Å²) in [7, 11) is 0. The van der Waals surface area contributed by atoms with Gasteiger partial charge < -0.3 is 29.2 Å². The zero-order valence-corrected chi connectivity index (χ0v) is 18.8. The van der Waals surface area contributed by atoms with Crippen LogP contribution in [0.2, 0.25) is 5.02 Å². The Labute approximate surface area is 192 Å². The minimum Gasteiger partial charge on any atom is -0.483 e. The number of aliphatic hydroxyl groups excluding tert-OH is 2. The number of nitrogens with zero attached hydrogens (tertiary/aromatic N) is 2. The maximum atomic E-state index is 9.62. The number of fused-ring (bicyclic) bond motifs is 2. The van der Waals surface area contributed by atoms with Crippen molar-refractivity contribution in [3.05, 3.63) is 53.7 Å². The molecule has 0 unspecified atom stereocenters. The van der Waals surface area contributed by atoms with E-state index in [2.05, 4.69) is 33.9 Å². The van der Waals surface area contributed by atoms with Crippen LogP contribution in [0.25, 0.3) is 10.9 Å². The van der Waals surface area contributed by atoms with Gasteiger partial charge in [-0.3, -0.25) is 0 Å². The van der Waals surface area contributed by atoms with E-state index in [1.165, 1.54) is 10.9 Å². The molecule has 0 bridgehead atoms. The van der Waals surface area contributed by atoms with Crippen molar-refractivity contribution in [3.8, 4) is 11.5 Å². The fraction of sp³-hybridized carbons (Fsp3) is 0.440. The Hall–Kier alpha value is -2.41. The molecule has 5 rings (SSSR count). The van der Waals surface area contributed by atoms with Gasteiger partial charge in [-0.2, -0.15) is 0 Å². The van der Waals surface area contributed by atoms with Crippen molar-refractivity contribution < 1.29 is 19.7 Å². The molecule has 3 aromatic rings. The second-order valence-electron chi connectivity index (χ2n) is 8.93. The molecular formula is C25H29ClN2O4. The van der Waals surface area contributed by atoms with Crippen molar-refractivity contribution in [1.29, 1.82) is 0 Å². The van der Waals surface area contributed by atoms with Gasteiger partial charge in [0, 0.05) is 36.4 Å². The molecule has 0 spiro atoms. The number of aromatic nitrogens is 1. The molecule has 0 aliphatic carbocycles. The summed E-state index contributed by atoms with van der Waals surface area (Å²) in [6.07, 6.45) is 5.55. The normalized spacial score (nSPS) is 18.3. The average Bonchev–Trinajstić information content (AvgIpc) is 3.24. The van der Waals surface area contributed by atoms with Gasteiger partial charge in [0.1, 0.15) is 6.61 Å². The van der Waals surface area contributed by atoms with Crippen LogP contribution in [0.5, 0.6) is 11.5 Å². The third kappa shape index (κ3) is 4.03. The molecule has 170 valence electrons. The van der Waals surface area contributed by atoms with Crippen LogP contribution < -0.4 is 14.4 Å². The summed E-state index contributed by atoms with van der Waals surface area (Å²) in [4.78, 5) is 2.36. The Kier molecular flexibility index (Phi) is 5.93. The molecule has 0 radical (unpaired) electrons. The number of piperidine rings is 1. The number of halogens is 1. The summed E-state index contributed by atoms with van der Waals surface area (Å²) in [6.45, 7) is 2.48. The van der Waals surface area contributed by atoms with Crippen molar-refractivity contribution in [2.45, 2.75) is 31.4 Å². The number of anilines is 1. The zero-order valence-electron chi connectivity index (χ0n) is 18.0. The van der Waals surface area contributed by atoms with Gasteiger partial charge in [-0.05, 0) is 60.9 Å². The molecule has 0 amide bonds. The van der Waals surface area contributed by atoms with E-state index in [1.807, 2.05) is 24.3 Å². The van der Waals surface area contributed by atoms with Crippen LogP contribution in [0.15, 0.2) is 48.7 Å². The molecule has 0 atom stereocenters. The Balaban J connectivity index is 1.21. The van der Waals surface area contributed by atoms with Crippen LogP contribution in [0.3, 0.4) is 0 Å². The molecule has 32 heavy (non-hydrogen) atoms. The smallest absolute Gasteiger partial charge is 0.188 e. The van der Waals surface area contributed by atoms with Gasteiger partial charge in [-0.25, -0.2) is 0 Å². The van der Waals surface area contributed by atoms with E-state index in [0.717, 1.165) is 49.6 Å². The van der Waals surface area contributed by atoms with Gasteiger partial charge in [0.25, 0.3) is 0 Å². The molecule has 3 heterocycles. The third-order valence-corrected chi connectivity index (χ3v) is 7.04. The maximum absolute atomic E-state index is 9.62. The Morgan fingerprint density at radius 3 is 2.66 bits per heavy atom. The van der Waals surface area contributed by atoms with Gasteiger partial charge in [0.05, 0.1) is 18.9 Å². The van der Waals surface area contributed by atoms with Gasteiger partial charge in [0.2, 0.25) is 0 Å². The Morgan fingerprint density at radius 2 is 1.88 bits per heavy atom. The molecule has 1 saturated heterocycles. The van der Waals surface area contributed by atoms with Crippen molar-refractivity contribution >= 4 is 28.2 Å². The van der Waals surface area contributed by atoms with E-state index in [-0.39, 0.29) is 19.8 Å². The Bertz CT molecular complexity index is 1090. The first kappa shape index (κ1) is 21.4. The highest BCUT2D eigenvalue weighted by atomic mass is 35.5. The standard InChI is InChI=1S/C25H29ClN2O4/c26-20-5-4-19-9-13-28(22(19)14-20)12-8-18-6-10-27(11-7-18)21-2-1-3-23-24(21)31-17-25(15-29,16-30)32-23/h1-5,9,13-14,18,29-30H,6-8,10-12,15-17H2. The fourth-order valence-corrected chi connectivity index (χ4v) is 4.95. The summed E-state index contributed by atoms with van der Waals surface area (Å²) in [5, 5.41) is 21.2. The topological polar surface area (TPSA) is 67.1 Å². The lowest BCUT2D eigenvalue weighted by Crippen LogP contribution is -2.51. The minimum atomic E-state index is -1.08. The maximum Gasteiger partial charge on any atom is 0.188 e. The summed E-state index contributed by atoms with van der Waals surface area (Å²) in [5.74, 6) is 1.97. The van der Waals surface area contributed by atoms with Crippen molar-refractivity contribution in [3.63, 3.8) is 0 Å². The number of ether oxygens (including phenoxy) is 2. The quantitative estimate of drug-likeness (QED) is 0.584. The van der Waals surface area contributed by atoms with Crippen molar-refractivity contribution in [2.24, 2.45) is 5.92 Å². The first-order chi connectivity index (χ1) is 15.6. The monoisotopic (exact) mass is 456 g/mol.